The fourth-order valence-corrected chi connectivity index (χ4v) is 47.0. The van der Waals surface area contributed by atoms with Crippen LogP contribution in [0.15, 0.2) is 82.2 Å². The normalized spacial score (nSPS) is 12.2. The summed E-state index contributed by atoms with van der Waals surface area (Å²) in [5.74, 6) is 0. The van der Waals surface area contributed by atoms with E-state index in [1.54, 1.807) is 10.6 Å². The van der Waals surface area contributed by atoms with Crippen LogP contribution in [0.3, 0.4) is 0 Å². The van der Waals surface area contributed by atoms with E-state index < -0.39 is 25.5 Å². The first-order valence-corrected chi connectivity index (χ1v) is 21.3. The molecule has 0 nitrogen and oxygen atoms in total. The molecule has 138 valence electrons. The summed E-state index contributed by atoms with van der Waals surface area (Å²) in [4.78, 5) is 0. The molecule has 0 saturated carbocycles. The third-order valence-corrected chi connectivity index (χ3v) is 47.0. The molecule has 2 aromatic carbocycles. The van der Waals surface area contributed by atoms with E-state index in [1.807, 2.05) is 3.28 Å². The maximum atomic E-state index is 2.61. The monoisotopic (exact) mass is 518 g/mol. The molecule has 0 amide bonds. The van der Waals surface area contributed by atoms with Crippen molar-refractivity contribution in [2.45, 2.75) is 26.1 Å². The Bertz CT molecular complexity index is 675. The smallest absolute Gasteiger partial charge is 1.00 e. The Morgan fingerprint density at radius 1 is 0.769 bits per heavy atom. The largest absolute Gasteiger partial charge is 1.00 e. The van der Waals surface area contributed by atoms with Crippen LogP contribution in [0.2, 0.25) is 19.6 Å². The van der Waals surface area contributed by atoms with Crippen molar-refractivity contribution in [3.05, 3.63) is 82.2 Å². The molecule has 0 fully saturated rings. The van der Waals surface area contributed by atoms with Gasteiger partial charge in [-0.05, 0) is 0 Å². The summed E-state index contributed by atoms with van der Waals surface area (Å²) in [6.07, 6.45) is 8.34. The average molecular weight is 521 g/mol. The van der Waals surface area contributed by atoms with Crippen LogP contribution in [0.5, 0.6) is 0 Å². The zero-order valence-electron chi connectivity index (χ0n) is 15.3. The molecule has 0 heterocycles. The van der Waals surface area contributed by atoms with Gasteiger partial charge in [0, 0.05) is 0 Å². The zero-order chi connectivity index (χ0) is 16.3. The van der Waals surface area contributed by atoms with Crippen LogP contribution in [0.1, 0.15) is 6.42 Å². The van der Waals surface area contributed by atoms with Crippen molar-refractivity contribution in [1.82, 2.24) is 0 Å². The second kappa shape index (κ2) is 12.0. The first-order valence-electron chi connectivity index (χ1n) is 8.21. The van der Waals surface area contributed by atoms with Crippen LogP contribution in [0.25, 0.3) is 0 Å². The first kappa shape index (κ1) is 26.3. The third kappa shape index (κ3) is 6.44. The van der Waals surface area contributed by atoms with E-state index in [0.29, 0.717) is 0 Å². The maximum Gasteiger partial charge on any atom is -1.00 e. The van der Waals surface area contributed by atoms with Crippen LogP contribution in [0.4, 0.5) is 0 Å². The molecule has 0 radical (unpaired) electrons. The Hall–Kier alpha value is 0.320. The van der Waals surface area contributed by atoms with Crippen molar-refractivity contribution < 1.29 is 57.6 Å². The fourth-order valence-electron chi connectivity index (χ4n) is 3.14. The van der Waals surface area contributed by atoms with Crippen LogP contribution in [-0.2, 0) is 20.3 Å². The van der Waals surface area contributed by atoms with Gasteiger partial charge in [-0.25, -0.2) is 0 Å². The second-order valence-electron chi connectivity index (χ2n) is 6.93. The Kier molecular flexibility index (Phi) is 12.2. The standard InChI is InChI=1S/C12H10P.C5H5.C3H9Si.3ClH.Zr/c1-3-7-11(8-4-1)13-12-9-5-2-6-10-12;1-2-4-5-3-1;1-4(2)3;;;;/h1-10H;1-3H,4H2;1-3H3;3*1H;/q-1;;;;;;+4/p-3. The van der Waals surface area contributed by atoms with Gasteiger partial charge in [-0.2, -0.15) is 0 Å². The zero-order valence-corrected chi connectivity index (χ0v) is 21.9. The van der Waals surface area contributed by atoms with Gasteiger partial charge in [0.2, 0.25) is 0 Å². The molecule has 0 atom stereocenters. The van der Waals surface area contributed by atoms with E-state index >= 15 is 0 Å². The molecule has 2 aromatic rings. The molecule has 3 rings (SSSR count). The topological polar surface area (TPSA) is 0 Å². The molecule has 0 bridgehead atoms. The van der Waals surface area contributed by atoms with Crippen molar-refractivity contribution >= 4 is 21.0 Å². The molecule has 6 heteroatoms. The molecular weight excluding hydrogens is 497 g/mol. The predicted molar refractivity (Wildman–Crippen MR) is 104 cm³/mol. The van der Waals surface area contributed by atoms with Gasteiger partial charge in [-0.3, -0.25) is 0 Å². The van der Waals surface area contributed by atoms with Crippen LogP contribution in [0, 0.1) is 0 Å². The molecule has 0 spiro atoms. The van der Waals surface area contributed by atoms with Crippen LogP contribution >= 0.6 is 5.21 Å². The van der Waals surface area contributed by atoms with Gasteiger partial charge >= 0.3 is 150 Å². The van der Waals surface area contributed by atoms with Crippen molar-refractivity contribution in [1.29, 1.82) is 0 Å². The third-order valence-electron chi connectivity index (χ3n) is 4.04. The van der Waals surface area contributed by atoms with E-state index in [-0.39, 0.29) is 42.4 Å². The number of allylic oxidation sites excluding steroid dienone is 4. The number of hydrogen-bond acceptors (Lipinski definition) is 0. The van der Waals surface area contributed by atoms with E-state index in [2.05, 4.69) is 98.5 Å². The molecular formula is C20H24Cl3PSiZr. The Morgan fingerprint density at radius 3 is 1.58 bits per heavy atom. The summed E-state index contributed by atoms with van der Waals surface area (Å²) in [5.41, 5.74) is 0. The predicted octanol–water partition coefficient (Wildman–Crippen LogP) is -3.66. The van der Waals surface area contributed by atoms with Gasteiger partial charge in [0.1, 0.15) is 0 Å². The van der Waals surface area contributed by atoms with Gasteiger partial charge < -0.3 is 37.2 Å². The SMILES string of the molecule is C[Si](C)(C)[Zr+3]([C]1=CC=CC1)[P](c1ccccc1)c1ccccc1.[Cl-].[Cl-].[Cl-]. The average Bonchev–Trinajstić information content (AvgIpc) is 3.06. The minimum atomic E-state index is -1.76. The summed E-state index contributed by atoms with van der Waals surface area (Å²) in [6.45, 7) is 7.84. The van der Waals surface area contributed by atoms with Gasteiger partial charge in [0.15, 0.2) is 0 Å². The van der Waals surface area contributed by atoms with Gasteiger partial charge in [0.05, 0.1) is 0 Å². The molecule has 0 saturated heterocycles. The van der Waals surface area contributed by atoms with Gasteiger partial charge in [0.25, 0.3) is 0 Å². The maximum absolute atomic E-state index is 2.61. The van der Waals surface area contributed by atoms with E-state index in [4.69, 9.17) is 0 Å². The number of rotatable bonds is 5. The summed E-state index contributed by atoms with van der Waals surface area (Å²) in [6, 6.07) is 22.7. The summed E-state index contributed by atoms with van der Waals surface area (Å²) < 4.78 is 1.84. The molecule has 0 aromatic heterocycles. The molecule has 0 aliphatic heterocycles. The van der Waals surface area contributed by atoms with Crippen LogP contribution in [-0.4, -0.2) is 5.20 Å². The van der Waals surface area contributed by atoms with Gasteiger partial charge in [-0.15, -0.1) is 0 Å². The quantitative estimate of drug-likeness (QED) is 0.282. The molecule has 0 N–H and O–H groups in total. The van der Waals surface area contributed by atoms with Crippen molar-refractivity contribution in [3.8, 4) is 0 Å². The second-order valence-corrected chi connectivity index (χ2v) is 38.9. The number of benzene rings is 2. The summed E-state index contributed by atoms with van der Waals surface area (Å²) in [5, 5.41) is 1.86. The Balaban J connectivity index is 0.00000208. The van der Waals surface area contributed by atoms with E-state index in [9.17, 15) is 0 Å². The van der Waals surface area contributed by atoms with E-state index in [0.717, 1.165) is 0 Å². The minimum absolute atomic E-state index is 0. The number of hydrogen-bond donors (Lipinski definition) is 0. The van der Waals surface area contributed by atoms with E-state index in [1.165, 1.54) is 6.42 Å². The Labute approximate surface area is 185 Å². The van der Waals surface area contributed by atoms with Crippen molar-refractivity contribution in [2.75, 3.05) is 0 Å². The fraction of sp³-hybridized carbons (Fsp3) is 0.200. The van der Waals surface area contributed by atoms with Crippen molar-refractivity contribution in [3.63, 3.8) is 0 Å². The molecule has 1 aliphatic carbocycles. The summed E-state index contributed by atoms with van der Waals surface area (Å²) >= 11 is -1.76. The molecule has 0 unspecified atom stereocenters. The minimum Gasteiger partial charge on any atom is -1.00 e. The first-order chi connectivity index (χ1) is 11.1. The summed E-state index contributed by atoms with van der Waals surface area (Å²) in [7, 11) is 0. The molecule has 1 aliphatic rings. The van der Waals surface area contributed by atoms with Gasteiger partial charge in [-0.1, -0.05) is 0 Å². The molecule has 26 heavy (non-hydrogen) atoms. The van der Waals surface area contributed by atoms with Crippen LogP contribution < -0.4 is 47.8 Å². The Morgan fingerprint density at radius 2 is 1.23 bits per heavy atom. The number of halogens is 3. The van der Waals surface area contributed by atoms with Crippen molar-refractivity contribution in [2.24, 2.45) is 0 Å².